The van der Waals surface area contributed by atoms with Crippen molar-refractivity contribution in [3.63, 3.8) is 0 Å². The summed E-state index contributed by atoms with van der Waals surface area (Å²) in [6.07, 6.45) is 2.89. The Hall–Kier alpha value is -3.09. The second-order valence-corrected chi connectivity index (χ2v) is 14.8. The standard InChI is InChI=1S/C31H44BN5O5S/c1-29(2,3)40-28(39)36-20-10-7-9-18(15-20)21-12-13-22(43-21)26(38)37-25(11-8-14-35-27(33)34)32-41-24-17-19-16-23(30(19,4)5)31(24,6)42-32/h7,9-10,12-13,15,19,23-25H,8,11,14,16-17H2,1-6H3,(H,36,39)(H,37,38)(H4,33,34,35)/t19?,23?,24-,25+,31+/m1/s1. The van der Waals surface area contributed by atoms with Crippen LogP contribution >= 0.6 is 11.3 Å². The SMILES string of the molecule is CC(C)(C)OC(=O)Nc1cccc(-c2ccc(C(=O)N[C@@H](CCCN=C(N)N)B3O[C@@H]4CC5CC(C5(C)C)[C@]4(C)O3)s2)c1. The number of hydrogen-bond donors (Lipinski definition) is 4. The molecule has 12 heteroatoms. The summed E-state index contributed by atoms with van der Waals surface area (Å²) in [5.74, 6) is 0.549. The zero-order valence-corrected chi connectivity index (χ0v) is 26.8. The van der Waals surface area contributed by atoms with Crippen molar-refractivity contribution in [1.29, 1.82) is 0 Å². The van der Waals surface area contributed by atoms with Crippen LogP contribution in [0.5, 0.6) is 0 Å². The lowest BCUT2D eigenvalue weighted by molar-refractivity contribution is -0.199. The third kappa shape index (κ3) is 6.71. The Labute approximate surface area is 258 Å². The van der Waals surface area contributed by atoms with Gasteiger partial charge >= 0.3 is 13.2 Å². The zero-order valence-electron chi connectivity index (χ0n) is 25.9. The number of hydrogen-bond acceptors (Lipinski definition) is 7. The second kappa shape index (κ2) is 11.8. The summed E-state index contributed by atoms with van der Waals surface area (Å²) in [6.45, 7) is 12.7. The van der Waals surface area contributed by atoms with Gasteiger partial charge in [0, 0.05) is 17.1 Å². The maximum atomic E-state index is 13.6. The molecule has 1 saturated heterocycles. The summed E-state index contributed by atoms with van der Waals surface area (Å²) in [5.41, 5.74) is 11.8. The minimum Gasteiger partial charge on any atom is -0.444 e. The number of rotatable bonds is 9. The molecule has 232 valence electrons. The Bertz CT molecular complexity index is 1390. The Morgan fingerprint density at radius 1 is 1.19 bits per heavy atom. The van der Waals surface area contributed by atoms with Gasteiger partial charge in [-0.05, 0) is 100 Å². The minimum atomic E-state index is -0.595. The Balaban J connectivity index is 1.28. The summed E-state index contributed by atoms with van der Waals surface area (Å²) in [5, 5.41) is 5.97. The number of ether oxygens (including phenoxy) is 1. The number of thiophene rings is 1. The lowest BCUT2D eigenvalue weighted by atomic mass is 9.43. The molecule has 3 aliphatic carbocycles. The van der Waals surface area contributed by atoms with Crippen LogP contribution < -0.4 is 22.1 Å². The normalized spacial score (nSPS) is 26.1. The molecule has 43 heavy (non-hydrogen) atoms. The van der Waals surface area contributed by atoms with Crippen LogP contribution in [0.4, 0.5) is 10.5 Å². The van der Waals surface area contributed by atoms with Gasteiger partial charge in [0.05, 0.1) is 22.5 Å². The monoisotopic (exact) mass is 609 g/mol. The van der Waals surface area contributed by atoms with Gasteiger partial charge in [0.1, 0.15) is 5.60 Å². The minimum absolute atomic E-state index is 0.0151. The van der Waals surface area contributed by atoms with Crippen LogP contribution in [0.25, 0.3) is 10.4 Å². The fourth-order valence-electron chi connectivity index (χ4n) is 6.89. The maximum absolute atomic E-state index is 13.6. The van der Waals surface area contributed by atoms with Crippen LogP contribution in [0.3, 0.4) is 0 Å². The van der Waals surface area contributed by atoms with E-state index in [1.807, 2.05) is 51.1 Å². The summed E-state index contributed by atoms with van der Waals surface area (Å²) >= 11 is 1.38. The molecule has 2 aromatic rings. The van der Waals surface area contributed by atoms with E-state index < -0.39 is 18.8 Å². The van der Waals surface area contributed by atoms with E-state index in [0.717, 1.165) is 23.3 Å². The van der Waals surface area contributed by atoms with Gasteiger partial charge in [-0.3, -0.25) is 15.1 Å². The first-order chi connectivity index (χ1) is 20.2. The topological polar surface area (TPSA) is 150 Å². The number of anilines is 1. The van der Waals surface area contributed by atoms with Crippen LogP contribution in [0.15, 0.2) is 41.4 Å². The first-order valence-electron chi connectivity index (χ1n) is 15.1. The quantitative estimate of drug-likeness (QED) is 0.132. The molecule has 4 fully saturated rings. The number of amides is 2. The van der Waals surface area contributed by atoms with Crippen molar-refractivity contribution in [2.75, 3.05) is 11.9 Å². The van der Waals surface area contributed by atoms with E-state index in [4.69, 9.17) is 25.5 Å². The molecule has 1 aromatic carbocycles. The first kappa shape index (κ1) is 31.3. The molecule has 10 nitrogen and oxygen atoms in total. The highest BCUT2D eigenvalue weighted by molar-refractivity contribution is 7.17. The molecule has 2 unspecified atom stereocenters. The predicted molar refractivity (Wildman–Crippen MR) is 171 cm³/mol. The van der Waals surface area contributed by atoms with Crippen molar-refractivity contribution < 1.29 is 23.6 Å². The number of aliphatic imine (C=N–C) groups is 1. The van der Waals surface area contributed by atoms with Crippen molar-refractivity contribution in [3.05, 3.63) is 41.3 Å². The molecule has 0 radical (unpaired) electrons. The van der Waals surface area contributed by atoms with Gasteiger partial charge in [-0.15, -0.1) is 11.3 Å². The molecular weight excluding hydrogens is 565 g/mol. The summed E-state index contributed by atoms with van der Waals surface area (Å²) < 4.78 is 18.6. The molecule has 1 aromatic heterocycles. The third-order valence-corrected chi connectivity index (χ3v) is 10.3. The lowest BCUT2D eigenvalue weighted by Gasteiger charge is -2.64. The Morgan fingerprint density at radius 3 is 2.65 bits per heavy atom. The molecule has 3 saturated carbocycles. The van der Waals surface area contributed by atoms with E-state index in [9.17, 15) is 9.59 Å². The molecule has 1 aliphatic heterocycles. The summed E-state index contributed by atoms with van der Waals surface area (Å²) in [4.78, 5) is 31.4. The Kier molecular flexibility index (Phi) is 8.59. The molecule has 6 rings (SSSR count). The average Bonchev–Trinajstić information content (AvgIpc) is 3.54. The predicted octanol–water partition coefficient (Wildman–Crippen LogP) is 5.18. The number of carbonyl (C=O) groups excluding carboxylic acids is 2. The second-order valence-electron chi connectivity index (χ2n) is 13.7. The average molecular weight is 610 g/mol. The highest BCUT2D eigenvalue weighted by atomic mass is 32.1. The molecule has 2 bridgehead atoms. The van der Waals surface area contributed by atoms with E-state index in [1.54, 1.807) is 6.07 Å². The highest BCUT2D eigenvalue weighted by Gasteiger charge is 2.68. The molecule has 0 spiro atoms. The van der Waals surface area contributed by atoms with Gasteiger partial charge in [0.15, 0.2) is 5.96 Å². The number of guanidine groups is 1. The summed E-state index contributed by atoms with van der Waals surface area (Å²) in [7, 11) is -0.552. The van der Waals surface area contributed by atoms with Crippen molar-refractivity contribution in [2.45, 2.75) is 90.5 Å². The van der Waals surface area contributed by atoms with Gasteiger partial charge in [0.25, 0.3) is 5.91 Å². The lowest BCUT2D eigenvalue weighted by Crippen LogP contribution is -2.65. The smallest absolute Gasteiger partial charge is 0.444 e. The fourth-order valence-corrected chi connectivity index (χ4v) is 7.80. The summed E-state index contributed by atoms with van der Waals surface area (Å²) in [6, 6.07) is 11.2. The van der Waals surface area contributed by atoms with Gasteiger partial charge in [-0.2, -0.15) is 0 Å². The molecule has 6 N–H and O–H groups in total. The number of carbonyl (C=O) groups is 2. The molecule has 2 heterocycles. The first-order valence-corrected chi connectivity index (χ1v) is 15.9. The number of nitrogens with two attached hydrogens (primary N) is 2. The number of nitrogens with zero attached hydrogens (tertiary/aromatic N) is 1. The van der Waals surface area contributed by atoms with Crippen LogP contribution in [-0.2, 0) is 14.0 Å². The fraction of sp³-hybridized carbons (Fsp3) is 0.581. The van der Waals surface area contributed by atoms with E-state index in [2.05, 4.69) is 36.4 Å². The Morgan fingerprint density at radius 2 is 1.95 bits per heavy atom. The third-order valence-electron chi connectivity index (χ3n) is 9.20. The number of benzene rings is 1. The number of nitrogens with one attached hydrogen (secondary N) is 2. The van der Waals surface area contributed by atoms with Gasteiger partial charge in [0.2, 0.25) is 0 Å². The van der Waals surface area contributed by atoms with E-state index >= 15 is 0 Å². The molecule has 2 amide bonds. The van der Waals surface area contributed by atoms with Gasteiger partial charge < -0.3 is 30.8 Å². The maximum Gasteiger partial charge on any atom is 0.481 e. The molecule has 4 aliphatic rings. The van der Waals surface area contributed by atoms with E-state index in [-0.39, 0.29) is 34.9 Å². The molecule has 5 atom stereocenters. The van der Waals surface area contributed by atoms with Crippen LogP contribution in [0.2, 0.25) is 0 Å². The van der Waals surface area contributed by atoms with Gasteiger partial charge in [-0.1, -0.05) is 26.0 Å². The van der Waals surface area contributed by atoms with Crippen molar-refractivity contribution in [2.24, 2.45) is 33.7 Å². The van der Waals surface area contributed by atoms with Crippen LogP contribution in [0.1, 0.15) is 76.9 Å². The highest BCUT2D eigenvalue weighted by Crippen LogP contribution is 2.65. The molecular formula is C31H44BN5O5S. The zero-order chi connectivity index (χ0) is 31.2. The largest absolute Gasteiger partial charge is 0.481 e. The van der Waals surface area contributed by atoms with Crippen molar-refractivity contribution >= 4 is 42.1 Å². The van der Waals surface area contributed by atoms with Crippen molar-refractivity contribution in [1.82, 2.24) is 5.32 Å². The van der Waals surface area contributed by atoms with Crippen LogP contribution in [-0.4, -0.2) is 54.9 Å². The van der Waals surface area contributed by atoms with Gasteiger partial charge in [-0.25, -0.2) is 4.79 Å². The van der Waals surface area contributed by atoms with E-state index in [1.165, 1.54) is 11.3 Å². The van der Waals surface area contributed by atoms with Crippen LogP contribution in [0, 0.1) is 17.3 Å². The van der Waals surface area contributed by atoms with E-state index in [0.29, 0.717) is 41.8 Å². The van der Waals surface area contributed by atoms with Crippen molar-refractivity contribution in [3.8, 4) is 10.4 Å².